The number of methoxy groups -OCH3 is 1. The summed E-state index contributed by atoms with van der Waals surface area (Å²) in [4.78, 5) is 13.9. The molecule has 0 aromatic heterocycles. The highest BCUT2D eigenvalue weighted by Gasteiger charge is 2.35. The first-order valence-corrected chi connectivity index (χ1v) is 5.58. The molecule has 15 heavy (non-hydrogen) atoms. The van der Waals surface area contributed by atoms with E-state index in [1.165, 1.54) is 0 Å². The molecule has 88 valence electrons. The molecule has 4 heteroatoms. The van der Waals surface area contributed by atoms with Crippen molar-refractivity contribution in [2.24, 2.45) is 5.92 Å². The molecule has 0 aliphatic carbocycles. The molecule has 4 nitrogen and oxygen atoms in total. The first-order valence-electron chi connectivity index (χ1n) is 5.58. The maximum Gasteiger partial charge on any atom is 0.240 e. The number of carbonyl (C=O) groups excluding carboxylic acids is 1. The maximum atomic E-state index is 12.0. The highest BCUT2D eigenvalue weighted by Crippen LogP contribution is 2.19. The van der Waals surface area contributed by atoms with Crippen LogP contribution in [0.15, 0.2) is 0 Å². The van der Waals surface area contributed by atoms with Crippen LogP contribution in [-0.2, 0) is 9.53 Å². The molecule has 0 saturated carbocycles. The molecule has 2 unspecified atom stereocenters. The van der Waals surface area contributed by atoms with Gasteiger partial charge in [-0.2, -0.15) is 0 Å². The standard InChI is InChI=1S/C11H22N2O2/c1-8(2)10(7-15-4)13-6-5-9(12-3)11(13)14/h8-10,12H,5-7H2,1-4H3. The Bertz CT molecular complexity index is 219. The van der Waals surface area contributed by atoms with Crippen LogP contribution in [0.3, 0.4) is 0 Å². The molecule has 0 bridgehead atoms. The molecule has 0 aromatic rings. The van der Waals surface area contributed by atoms with Gasteiger partial charge in [-0.25, -0.2) is 0 Å². The van der Waals surface area contributed by atoms with Gasteiger partial charge in [0.1, 0.15) is 0 Å². The molecule has 0 radical (unpaired) electrons. The molecule has 1 aliphatic heterocycles. The average Bonchev–Trinajstić information content (AvgIpc) is 2.55. The van der Waals surface area contributed by atoms with Crippen LogP contribution < -0.4 is 5.32 Å². The summed E-state index contributed by atoms with van der Waals surface area (Å²) in [6.45, 7) is 5.73. The number of carbonyl (C=O) groups is 1. The van der Waals surface area contributed by atoms with Gasteiger partial charge in [-0.15, -0.1) is 0 Å². The van der Waals surface area contributed by atoms with Gasteiger partial charge in [-0.1, -0.05) is 13.8 Å². The van der Waals surface area contributed by atoms with Gasteiger partial charge in [0.25, 0.3) is 0 Å². The van der Waals surface area contributed by atoms with Crippen LogP contribution in [0.5, 0.6) is 0 Å². The zero-order valence-corrected chi connectivity index (χ0v) is 10.1. The van der Waals surface area contributed by atoms with E-state index < -0.39 is 0 Å². The molecule has 2 atom stereocenters. The van der Waals surface area contributed by atoms with Crippen LogP contribution in [0.2, 0.25) is 0 Å². The van der Waals surface area contributed by atoms with Crippen LogP contribution in [0.1, 0.15) is 20.3 Å². The van der Waals surface area contributed by atoms with Crippen LogP contribution in [0, 0.1) is 5.92 Å². The van der Waals surface area contributed by atoms with Gasteiger partial charge in [0.15, 0.2) is 0 Å². The van der Waals surface area contributed by atoms with Gasteiger partial charge in [-0.3, -0.25) is 4.79 Å². The Kier molecular flexibility index (Phi) is 4.54. The van der Waals surface area contributed by atoms with E-state index in [0.717, 1.165) is 13.0 Å². The lowest BCUT2D eigenvalue weighted by Gasteiger charge is -2.30. The monoisotopic (exact) mass is 214 g/mol. The Morgan fingerprint density at radius 3 is 2.67 bits per heavy atom. The summed E-state index contributed by atoms with van der Waals surface area (Å²) < 4.78 is 5.18. The second-order valence-electron chi connectivity index (χ2n) is 4.43. The van der Waals surface area contributed by atoms with Crippen molar-refractivity contribution in [1.29, 1.82) is 0 Å². The largest absolute Gasteiger partial charge is 0.383 e. The summed E-state index contributed by atoms with van der Waals surface area (Å²) >= 11 is 0. The second-order valence-corrected chi connectivity index (χ2v) is 4.43. The van der Waals surface area contributed by atoms with E-state index >= 15 is 0 Å². The molecule has 0 aromatic carbocycles. The number of hydrogen-bond donors (Lipinski definition) is 1. The zero-order valence-electron chi connectivity index (χ0n) is 10.1. The molecule has 1 saturated heterocycles. The SMILES string of the molecule is CNC1CCN(C(COC)C(C)C)C1=O. The van der Waals surface area contributed by atoms with Gasteiger partial charge in [0, 0.05) is 13.7 Å². The Morgan fingerprint density at radius 2 is 2.27 bits per heavy atom. The summed E-state index contributed by atoms with van der Waals surface area (Å²) in [6, 6.07) is 0.212. The van der Waals surface area contributed by atoms with Crippen molar-refractivity contribution in [1.82, 2.24) is 10.2 Å². The smallest absolute Gasteiger partial charge is 0.240 e. The normalized spacial score (nSPS) is 23.9. The van der Waals surface area contributed by atoms with E-state index in [1.54, 1.807) is 7.11 Å². The number of rotatable bonds is 5. The molecule has 1 heterocycles. The topological polar surface area (TPSA) is 41.6 Å². The van der Waals surface area contributed by atoms with Gasteiger partial charge in [0.05, 0.1) is 18.7 Å². The third kappa shape index (κ3) is 2.69. The molecule has 1 amide bonds. The summed E-state index contributed by atoms with van der Waals surface area (Å²) in [5.41, 5.74) is 0. The second kappa shape index (κ2) is 5.47. The molecular weight excluding hydrogens is 192 g/mol. The minimum atomic E-state index is 0.00288. The fraction of sp³-hybridized carbons (Fsp3) is 0.909. The van der Waals surface area contributed by atoms with Crippen molar-refractivity contribution in [2.75, 3.05) is 27.3 Å². The molecular formula is C11H22N2O2. The first-order chi connectivity index (χ1) is 7.11. The number of amides is 1. The first kappa shape index (κ1) is 12.5. The van der Waals surface area contributed by atoms with Crippen LogP contribution in [0.4, 0.5) is 0 Å². The highest BCUT2D eigenvalue weighted by atomic mass is 16.5. The van der Waals surface area contributed by atoms with E-state index in [9.17, 15) is 4.79 Å². The van der Waals surface area contributed by atoms with Gasteiger partial charge >= 0.3 is 0 Å². The number of ether oxygens (including phenoxy) is 1. The molecule has 1 aliphatic rings. The summed E-state index contributed by atoms with van der Waals surface area (Å²) in [6.07, 6.45) is 0.905. The van der Waals surface area contributed by atoms with Crippen LogP contribution in [0.25, 0.3) is 0 Å². The number of nitrogens with one attached hydrogen (secondary N) is 1. The molecule has 1 fully saturated rings. The van der Waals surface area contributed by atoms with Crippen molar-refractivity contribution < 1.29 is 9.53 Å². The Morgan fingerprint density at radius 1 is 1.60 bits per heavy atom. The van der Waals surface area contributed by atoms with E-state index in [1.807, 2.05) is 11.9 Å². The summed E-state index contributed by atoms with van der Waals surface area (Å²) in [7, 11) is 3.53. The van der Waals surface area contributed by atoms with E-state index in [-0.39, 0.29) is 18.0 Å². The fourth-order valence-electron chi connectivity index (χ4n) is 2.11. The lowest BCUT2D eigenvalue weighted by atomic mass is 10.0. The van der Waals surface area contributed by atoms with E-state index in [2.05, 4.69) is 19.2 Å². The fourth-order valence-corrected chi connectivity index (χ4v) is 2.11. The number of nitrogens with zero attached hydrogens (tertiary/aromatic N) is 1. The molecule has 1 rings (SSSR count). The Balaban J connectivity index is 2.65. The Hall–Kier alpha value is -0.610. The van der Waals surface area contributed by atoms with Crippen LogP contribution >= 0.6 is 0 Å². The predicted molar refractivity (Wildman–Crippen MR) is 59.7 cm³/mol. The van der Waals surface area contributed by atoms with Crippen LogP contribution in [-0.4, -0.2) is 50.2 Å². The maximum absolute atomic E-state index is 12.0. The lowest BCUT2D eigenvalue weighted by molar-refractivity contribution is -0.133. The zero-order chi connectivity index (χ0) is 11.4. The lowest BCUT2D eigenvalue weighted by Crippen LogP contribution is -2.46. The van der Waals surface area contributed by atoms with Crippen molar-refractivity contribution in [3.63, 3.8) is 0 Å². The van der Waals surface area contributed by atoms with Gasteiger partial charge < -0.3 is 15.0 Å². The number of hydrogen-bond acceptors (Lipinski definition) is 3. The van der Waals surface area contributed by atoms with Crippen molar-refractivity contribution in [3.05, 3.63) is 0 Å². The van der Waals surface area contributed by atoms with Crippen molar-refractivity contribution >= 4 is 5.91 Å². The minimum absolute atomic E-state index is 0.00288. The van der Waals surface area contributed by atoms with E-state index in [4.69, 9.17) is 4.74 Å². The number of likely N-dealkylation sites (N-methyl/N-ethyl adjacent to an activating group) is 1. The van der Waals surface area contributed by atoms with Crippen molar-refractivity contribution in [3.8, 4) is 0 Å². The quantitative estimate of drug-likeness (QED) is 0.723. The minimum Gasteiger partial charge on any atom is -0.383 e. The van der Waals surface area contributed by atoms with Gasteiger partial charge in [-0.05, 0) is 19.4 Å². The molecule has 1 N–H and O–H groups in total. The average molecular weight is 214 g/mol. The Labute approximate surface area is 92.0 Å². The summed E-state index contributed by atoms with van der Waals surface area (Å²) in [5, 5.41) is 3.05. The summed E-state index contributed by atoms with van der Waals surface area (Å²) in [5.74, 6) is 0.651. The third-order valence-electron chi connectivity index (χ3n) is 3.10. The van der Waals surface area contributed by atoms with E-state index in [0.29, 0.717) is 12.5 Å². The van der Waals surface area contributed by atoms with Gasteiger partial charge in [0.2, 0.25) is 5.91 Å². The van der Waals surface area contributed by atoms with Crippen molar-refractivity contribution in [2.45, 2.75) is 32.4 Å². The third-order valence-corrected chi connectivity index (χ3v) is 3.10. The predicted octanol–water partition coefficient (Wildman–Crippen LogP) is 0.478. The molecule has 0 spiro atoms. The number of likely N-dealkylation sites (tertiary alicyclic amines) is 1. The highest BCUT2D eigenvalue weighted by molar-refractivity contribution is 5.84.